The van der Waals surface area contributed by atoms with Gasteiger partial charge in [0.2, 0.25) is 0 Å². The molecule has 0 fully saturated rings. The number of carbonyl (C=O) groups is 2. The Hall–Kier alpha value is -2.78. The van der Waals surface area contributed by atoms with Crippen LogP contribution in [0.4, 0.5) is 16.2 Å². The summed E-state index contributed by atoms with van der Waals surface area (Å²) < 4.78 is 1.27. The molecular formula is C23H23ClN3NaO5. The van der Waals surface area contributed by atoms with Crippen molar-refractivity contribution in [3.05, 3.63) is 75.7 Å². The zero-order chi connectivity index (χ0) is 23.4. The second-order valence-corrected chi connectivity index (χ2v) is 7.63. The van der Waals surface area contributed by atoms with Crippen molar-refractivity contribution in [2.45, 2.75) is 13.3 Å². The number of carboxylic acids is 1. The first-order valence-electron chi connectivity index (χ1n) is 9.74. The number of carboxylic acid groups (broad SMARTS) is 1. The number of nitrogens with one attached hydrogen (secondary N) is 1. The van der Waals surface area contributed by atoms with Crippen LogP contribution in [-0.4, -0.2) is 62.9 Å². The first kappa shape index (κ1) is 26.5. The van der Waals surface area contributed by atoms with Gasteiger partial charge in [-0.2, -0.15) is 0 Å². The number of aliphatic carboxylic acids is 1. The number of urea groups is 1. The molecular weight excluding hydrogens is 457 g/mol. The summed E-state index contributed by atoms with van der Waals surface area (Å²) in [5.41, 5.74) is 1.50. The van der Waals surface area contributed by atoms with E-state index in [-0.39, 0.29) is 54.0 Å². The summed E-state index contributed by atoms with van der Waals surface area (Å²) in [4.78, 5) is 37.9. The zero-order valence-electron chi connectivity index (χ0n) is 17.5. The van der Waals surface area contributed by atoms with E-state index >= 15 is 0 Å². The van der Waals surface area contributed by atoms with Crippen LogP contribution in [0.3, 0.4) is 0 Å². The van der Waals surface area contributed by atoms with Crippen molar-refractivity contribution in [2.24, 2.45) is 7.05 Å². The van der Waals surface area contributed by atoms with Gasteiger partial charge in [0.25, 0.3) is 5.56 Å². The van der Waals surface area contributed by atoms with Gasteiger partial charge in [-0.1, -0.05) is 35.9 Å². The van der Waals surface area contributed by atoms with Crippen molar-refractivity contribution in [3.63, 3.8) is 0 Å². The van der Waals surface area contributed by atoms with Crippen LogP contribution in [0.15, 0.2) is 59.5 Å². The summed E-state index contributed by atoms with van der Waals surface area (Å²) in [6, 6.07) is 13.2. The van der Waals surface area contributed by atoms with Crippen LogP contribution in [0, 0.1) is 6.92 Å². The van der Waals surface area contributed by atoms with Crippen molar-refractivity contribution in [1.29, 1.82) is 0 Å². The maximum atomic E-state index is 13.1. The van der Waals surface area contributed by atoms with E-state index in [9.17, 15) is 19.5 Å². The molecule has 0 saturated carbocycles. The second-order valence-electron chi connectivity index (χ2n) is 7.19. The Balaban J connectivity index is 0.00000385. The van der Waals surface area contributed by atoms with E-state index in [0.29, 0.717) is 16.3 Å². The number of aryl methyl sites for hydroxylation is 2. The number of anilines is 2. The Morgan fingerprint density at radius 2 is 1.79 bits per heavy atom. The monoisotopic (exact) mass is 479 g/mol. The molecule has 0 atom stereocenters. The van der Waals surface area contributed by atoms with Gasteiger partial charge in [0.05, 0.1) is 12.1 Å². The Morgan fingerprint density at radius 1 is 1.12 bits per heavy atom. The summed E-state index contributed by atoms with van der Waals surface area (Å²) in [7, 11) is 1.52. The van der Waals surface area contributed by atoms with Crippen LogP contribution in [0.25, 0.3) is 11.1 Å². The predicted molar refractivity (Wildman–Crippen MR) is 130 cm³/mol. The fraction of sp³-hybridized carbons (Fsp3) is 0.174. The second kappa shape index (κ2) is 11.4. The number of hydrogen-bond acceptors (Lipinski definition) is 4. The Morgan fingerprint density at radius 3 is 2.42 bits per heavy atom. The van der Waals surface area contributed by atoms with Gasteiger partial charge in [0.1, 0.15) is 5.75 Å². The molecule has 3 N–H and O–H groups in total. The molecule has 33 heavy (non-hydrogen) atoms. The van der Waals surface area contributed by atoms with Crippen LogP contribution >= 0.6 is 11.6 Å². The molecule has 8 nitrogen and oxygen atoms in total. The summed E-state index contributed by atoms with van der Waals surface area (Å²) in [5, 5.41) is 22.6. The molecule has 1 heterocycles. The average molecular weight is 480 g/mol. The number of halogens is 1. The predicted octanol–water partition coefficient (Wildman–Crippen LogP) is 3.39. The number of amides is 2. The van der Waals surface area contributed by atoms with Gasteiger partial charge in [0, 0.05) is 30.4 Å². The summed E-state index contributed by atoms with van der Waals surface area (Å²) in [5.74, 6) is -1.41. The third-order valence-electron chi connectivity index (χ3n) is 4.83. The molecule has 0 radical (unpaired) electrons. The van der Waals surface area contributed by atoms with Gasteiger partial charge in [0.15, 0.2) is 5.69 Å². The third kappa shape index (κ3) is 6.17. The first-order chi connectivity index (χ1) is 15.2. The van der Waals surface area contributed by atoms with Gasteiger partial charge in [-0.25, -0.2) is 4.79 Å². The van der Waals surface area contributed by atoms with E-state index in [2.05, 4.69) is 5.32 Å². The molecule has 0 aliphatic rings. The molecule has 10 heteroatoms. The first-order valence-corrected chi connectivity index (χ1v) is 10.1. The molecule has 168 valence electrons. The van der Waals surface area contributed by atoms with E-state index in [1.165, 1.54) is 17.8 Å². The van der Waals surface area contributed by atoms with Gasteiger partial charge in [-0.05, 0) is 42.3 Å². The molecule has 0 aliphatic heterocycles. The topological polar surface area (TPSA) is 112 Å². The van der Waals surface area contributed by atoms with E-state index in [1.54, 1.807) is 37.3 Å². The Bertz CT molecular complexity index is 1230. The number of nitrogens with zero attached hydrogens (tertiary/aromatic N) is 2. The number of hydrogen-bond donors (Lipinski definition) is 3. The van der Waals surface area contributed by atoms with E-state index in [1.807, 2.05) is 18.2 Å². The Kier molecular flexibility index (Phi) is 9.13. The van der Waals surface area contributed by atoms with Crippen molar-refractivity contribution in [3.8, 4) is 16.9 Å². The number of benzene rings is 2. The zero-order valence-corrected chi connectivity index (χ0v) is 18.3. The van der Waals surface area contributed by atoms with Crippen molar-refractivity contribution >= 4 is 64.5 Å². The standard InChI is InChI=1S/C23H22ClN3O5.Na.H/c1-14-13-26(2)22(31)20(21(14)30)27(23(32)25-11-10-19(28)29)18-5-3-4-16(12-18)15-6-8-17(24)9-7-15;;/h3-9,12-13,30H,10-11H2,1-2H3,(H,25,32)(H,28,29);;. The molecule has 2 amide bonds. The number of rotatable bonds is 6. The van der Waals surface area contributed by atoms with Crippen LogP contribution < -0.4 is 15.8 Å². The quantitative estimate of drug-likeness (QED) is 0.469. The third-order valence-corrected chi connectivity index (χ3v) is 5.08. The van der Waals surface area contributed by atoms with Gasteiger partial charge in [-0.15, -0.1) is 0 Å². The van der Waals surface area contributed by atoms with E-state index < -0.39 is 17.6 Å². The van der Waals surface area contributed by atoms with Gasteiger partial charge < -0.3 is 20.1 Å². The molecule has 0 aliphatic carbocycles. The molecule has 3 rings (SSSR count). The summed E-state index contributed by atoms with van der Waals surface area (Å²) in [6.07, 6.45) is 1.17. The molecule has 0 unspecified atom stereocenters. The number of pyridine rings is 1. The summed E-state index contributed by atoms with van der Waals surface area (Å²) in [6.45, 7) is 1.47. The molecule has 2 aromatic carbocycles. The Labute approximate surface area is 217 Å². The minimum atomic E-state index is -1.07. The average Bonchev–Trinajstić information content (AvgIpc) is 2.75. The van der Waals surface area contributed by atoms with Crippen LogP contribution in [0.1, 0.15) is 12.0 Å². The fourth-order valence-corrected chi connectivity index (χ4v) is 3.36. The molecule has 0 saturated heterocycles. The minimum absolute atomic E-state index is 0. The normalized spacial score (nSPS) is 10.3. The van der Waals surface area contributed by atoms with Gasteiger partial charge >= 0.3 is 41.6 Å². The molecule has 0 spiro atoms. The maximum absolute atomic E-state index is 13.1. The number of aromatic hydroxyl groups is 1. The van der Waals surface area contributed by atoms with E-state index in [4.69, 9.17) is 16.7 Å². The van der Waals surface area contributed by atoms with E-state index in [0.717, 1.165) is 16.0 Å². The molecule has 0 bridgehead atoms. The van der Waals surface area contributed by atoms with Crippen LogP contribution in [-0.2, 0) is 11.8 Å². The van der Waals surface area contributed by atoms with Crippen molar-refractivity contribution in [1.82, 2.24) is 9.88 Å². The SMILES string of the molecule is Cc1cn(C)c(=O)c(N(C(=O)NCCC(=O)O)c2cccc(-c3ccc(Cl)cc3)c2)c1O.[NaH]. The van der Waals surface area contributed by atoms with Crippen LogP contribution in [0.2, 0.25) is 5.02 Å². The molecule has 3 aromatic rings. The fourth-order valence-electron chi connectivity index (χ4n) is 3.24. The number of carbonyl (C=O) groups excluding carboxylic acids is 1. The number of aromatic nitrogens is 1. The summed E-state index contributed by atoms with van der Waals surface area (Å²) >= 11 is 5.97. The van der Waals surface area contributed by atoms with Gasteiger partial charge in [-0.3, -0.25) is 14.5 Å². The molecule has 1 aromatic heterocycles. The van der Waals surface area contributed by atoms with Crippen molar-refractivity contribution < 1.29 is 19.8 Å². The van der Waals surface area contributed by atoms with Crippen molar-refractivity contribution in [2.75, 3.05) is 11.4 Å². The van der Waals surface area contributed by atoms with Crippen LogP contribution in [0.5, 0.6) is 5.75 Å².